The van der Waals surface area contributed by atoms with Gasteiger partial charge in [0.15, 0.2) is 0 Å². The lowest BCUT2D eigenvalue weighted by Crippen LogP contribution is -2.31. The summed E-state index contributed by atoms with van der Waals surface area (Å²) in [4.78, 5) is 0. The summed E-state index contributed by atoms with van der Waals surface area (Å²) >= 11 is 0. The van der Waals surface area contributed by atoms with Gasteiger partial charge in [-0.2, -0.15) is 0 Å². The van der Waals surface area contributed by atoms with Crippen LogP contribution in [0.2, 0.25) is 0 Å². The average molecular weight is 291 g/mol. The van der Waals surface area contributed by atoms with E-state index in [4.69, 9.17) is 0 Å². The van der Waals surface area contributed by atoms with Crippen molar-refractivity contribution in [1.82, 2.24) is 5.32 Å². The minimum absolute atomic E-state index is 0.0260. The molecular weight excluding hydrogens is 272 g/mol. The van der Waals surface area contributed by atoms with Crippen LogP contribution >= 0.6 is 0 Å². The van der Waals surface area contributed by atoms with Crippen molar-refractivity contribution in [3.8, 4) is 5.75 Å². The quantitative estimate of drug-likeness (QED) is 0.874. The van der Waals surface area contributed by atoms with Crippen LogP contribution in [0.25, 0.3) is 0 Å². The lowest BCUT2D eigenvalue weighted by Gasteiger charge is -2.21. The van der Waals surface area contributed by atoms with Crippen LogP contribution in [0.5, 0.6) is 5.75 Å². The highest BCUT2D eigenvalue weighted by Gasteiger charge is 2.15. The van der Waals surface area contributed by atoms with Crippen LogP contribution < -0.4 is 5.32 Å². The second-order valence-electron chi connectivity index (χ2n) is 5.29. The van der Waals surface area contributed by atoms with Crippen LogP contribution in [0.1, 0.15) is 31.0 Å². The fourth-order valence-electron chi connectivity index (χ4n) is 2.41. The zero-order valence-electron chi connectivity index (χ0n) is 12.1. The Morgan fingerprint density at radius 2 is 1.67 bits per heavy atom. The van der Waals surface area contributed by atoms with E-state index >= 15 is 0 Å². The Balaban J connectivity index is 2.03. The smallest absolute Gasteiger partial charge is 0.129 e. The Morgan fingerprint density at radius 1 is 1.05 bits per heavy atom. The lowest BCUT2D eigenvalue weighted by molar-refractivity contribution is 0.451. The Labute approximate surface area is 123 Å². The van der Waals surface area contributed by atoms with Gasteiger partial charge < -0.3 is 10.4 Å². The van der Waals surface area contributed by atoms with E-state index in [1.165, 1.54) is 18.2 Å². The molecule has 0 heterocycles. The summed E-state index contributed by atoms with van der Waals surface area (Å²) in [6, 6.07) is 10.7. The number of rotatable bonds is 5. The molecule has 0 bridgehead atoms. The van der Waals surface area contributed by atoms with Crippen LogP contribution in [0.15, 0.2) is 42.5 Å². The Hall–Kier alpha value is -1.94. The fraction of sp³-hybridized carbons (Fsp3) is 0.294. The van der Waals surface area contributed by atoms with Crippen molar-refractivity contribution in [1.29, 1.82) is 0 Å². The van der Waals surface area contributed by atoms with E-state index in [0.717, 1.165) is 5.56 Å². The molecule has 112 valence electrons. The SMILES string of the molecule is CC(Cc1c(F)cccc1F)NC(C)c1cccc(O)c1. The van der Waals surface area contributed by atoms with Gasteiger partial charge >= 0.3 is 0 Å². The second-order valence-corrected chi connectivity index (χ2v) is 5.29. The summed E-state index contributed by atoms with van der Waals surface area (Å²) in [7, 11) is 0. The topological polar surface area (TPSA) is 32.3 Å². The molecule has 2 unspecified atom stereocenters. The number of hydrogen-bond acceptors (Lipinski definition) is 2. The van der Waals surface area contributed by atoms with Gasteiger partial charge in [-0.1, -0.05) is 18.2 Å². The maximum absolute atomic E-state index is 13.6. The van der Waals surface area contributed by atoms with Crippen molar-refractivity contribution < 1.29 is 13.9 Å². The maximum Gasteiger partial charge on any atom is 0.129 e. The average Bonchev–Trinajstić information content (AvgIpc) is 2.43. The highest BCUT2D eigenvalue weighted by molar-refractivity contribution is 5.29. The summed E-state index contributed by atoms with van der Waals surface area (Å²) in [5.41, 5.74) is 1.02. The predicted octanol–water partition coefficient (Wildman–Crippen LogP) is 3.95. The van der Waals surface area contributed by atoms with Gasteiger partial charge in [0.25, 0.3) is 0 Å². The molecule has 0 radical (unpaired) electrons. The van der Waals surface area contributed by atoms with Crippen molar-refractivity contribution in [3.63, 3.8) is 0 Å². The molecule has 21 heavy (non-hydrogen) atoms. The molecule has 0 aromatic heterocycles. The number of hydrogen-bond donors (Lipinski definition) is 2. The number of halogens is 2. The first kappa shape index (κ1) is 15.4. The molecule has 0 aliphatic rings. The van der Waals surface area contributed by atoms with Crippen LogP contribution in [0.3, 0.4) is 0 Å². The lowest BCUT2D eigenvalue weighted by atomic mass is 10.0. The molecule has 0 aliphatic heterocycles. The van der Waals surface area contributed by atoms with Crippen molar-refractivity contribution in [3.05, 3.63) is 65.2 Å². The minimum Gasteiger partial charge on any atom is -0.508 e. The fourth-order valence-corrected chi connectivity index (χ4v) is 2.41. The summed E-state index contributed by atoms with van der Waals surface area (Å²) < 4.78 is 27.2. The first-order valence-electron chi connectivity index (χ1n) is 6.95. The summed E-state index contributed by atoms with van der Waals surface area (Å²) in [5.74, 6) is -0.837. The van der Waals surface area contributed by atoms with E-state index in [1.54, 1.807) is 18.2 Å². The molecule has 0 saturated heterocycles. The van der Waals surface area contributed by atoms with Gasteiger partial charge in [0.1, 0.15) is 17.4 Å². The van der Waals surface area contributed by atoms with Crippen LogP contribution in [0.4, 0.5) is 8.78 Å². The highest BCUT2D eigenvalue weighted by Crippen LogP contribution is 2.20. The Kier molecular flexibility index (Phi) is 4.91. The molecule has 0 aliphatic carbocycles. The molecule has 2 aromatic carbocycles. The Morgan fingerprint density at radius 3 is 2.29 bits per heavy atom. The Bertz CT molecular complexity index is 595. The largest absolute Gasteiger partial charge is 0.508 e. The molecule has 0 spiro atoms. The van der Waals surface area contributed by atoms with E-state index in [9.17, 15) is 13.9 Å². The van der Waals surface area contributed by atoms with Crippen molar-refractivity contribution in [2.24, 2.45) is 0 Å². The molecule has 2 N–H and O–H groups in total. The third-order valence-corrected chi connectivity index (χ3v) is 3.48. The van der Waals surface area contributed by atoms with E-state index in [-0.39, 0.29) is 29.8 Å². The molecule has 2 atom stereocenters. The summed E-state index contributed by atoms with van der Waals surface area (Å²) in [6.45, 7) is 3.83. The van der Waals surface area contributed by atoms with Gasteiger partial charge in [-0.05, 0) is 50.1 Å². The first-order valence-corrected chi connectivity index (χ1v) is 6.95. The molecule has 2 aromatic rings. The monoisotopic (exact) mass is 291 g/mol. The van der Waals surface area contributed by atoms with E-state index in [2.05, 4.69) is 5.32 Å². The van der Waals surface area contributed by atoms with Crippen molar-refractivity contribution in [2.45, 2.75) is 32.4 Å². The number of phenolic OH excluding ortho intramolecular Hbond substituents is 1. The zero-order valence-corrected chi connectivity index (χ0v) is 12.1. The van der Waals surface area contributed by atoms with E-state index in [0.29, 0.717) is 0 Å². The third kappa shape index (κ3) is 4.02. The highest BCUT2D eigenvalue weighted by atomic mass is 19.1. The summed E-state index contributed by atoms with van der Waals surface area (Å²) in [6.07, 6.45) is 0.266. The van der Waals surface area contributed by atoms with Gasteiger partial charge in [-0.25, -0.2) is 8.78 Å². The number of aromatic hydroxyl groups is 1. The molecule has 0 saturated carbocycles. The van der Waals surface area contributed by atoms with Crippen LogP contribution in [0, 0.1) is 11.6 Å². The molecule has 2 nitrogen and oxygen atoms in total. The molecule has 0 fully saturated rings. The zero-order chi connectivity index (χ0) is 15.4. The van der Waals surface area contributed by atoms with Gasteiger partial charge in [0, 0.05) is 17.6 Å². The summed E-state index contributed by atoms with van der Waals surface area (Å²) in [5, 5.41) is 12.8. The number of benzene rings is 2. The normalized spacial score (nSPS) is 13.9. The maximum atomic E-state index is 13.6. The van der Waals surface area contributed by atoms with E-state index in [1.807, 2.05) is 19.9 Å². The predicted molar refractivity (Wildman–Crippen MR) is 79.2 cm³/mol. The van der Waals surface area contributed by atoms with Gasteiger partial charge in [-0.15, -0.1) is 0 Å². The molecule has 2 rings (SSSR count). The van der Waals surface area contributed by atoms with E-state index < -0.39 is 11.6 Å². The minimum atomic E-state index is -0.520. The molecule has 4 heteroatoms. The van der Waals surface area contributed by atoms with Gasteiger partial charge in [-0.3, -0.25) is 0 Å². The van der Waals surface area contributed by atoms with Gasteiger partial charge in [0.2, 0.25) is 0 Å². The standard InChI is InChI=1S/C17H19F2NO/c1-11(9-15-16(18)7-4-8-17(15)19)20-12(2)13-5-3-6-14(21)10-13/h3-8,10-12,20-21H,9H2,1-2H3. The number of nitrogens with one attached hydrogen (secondary N) is 1. The van der Waals surface area contributed by atoms with Crippen LogP contribution in [-0.4, -0.2) is 11.1 Å². The number of phenols is 1. The van der Waals surface area contributed by atoms with Crippen molar-refractivity contribution >= 4 is 0 Å². The third-order valence-electron chi connectivity index (χ3n) is 3.48. The van der Waals surface area contributed by atoms with Gasteiger partial charge in [0.05, 0.1) is 0 Å². The van der Waals surface area contributed by atoms with Crippen LogP contribution in [-0.2, 0) is 6.42 Å². The first-order chi connectivity index (χ1) is 9.97. The molecular formula is C17H19F2NO. The second kappa shape index (κ2) is 6.68. The van der Waals surface area contributed by atoms with Crippen molar-refractivity contribution in [2.75, 3.05) is 0 Å². The molecule has 0 amide bonds.